The van der Waals surface area contributed by atoms with Crippen LogP contribution in [0.5, 0.6) is 0 Å². The number of hydrogen-bond donors (Lipinski definition) is 1. The topological polar surface area (TPSA) is 49.6 Å². The van der Waals surface area contributed by atoms with Crippen LogP contribution in [-0.4, -0.2) is 48.9 Å². The molecule has 5 heteroatoms. The summed E-state index contributed by atoms with van der Waals surface area (Å²) in [5.41, 5.74) is 5.93. The molecular formula is C12H16FN3O. The van der Waals surface area contributed by atoms with Crippen molar-refractivity contribution in [2.75, 3.05) is 39.0 Å². The summed E-state index contributed by atoms with van der Waals surface area (Å²) in [4.78, 5) is 16.0. The van der Waals surface area contributed by atoms with Crippen LogP contribution in [0.25, 0.3) is 0 Å². The van der Waals surface area contributed by atoms with E-state index in [1.165, 1.54) is 18.2 Å². The fraction of sp³-hybridized carbons (Fsp3) is 0.417. The molecule has 1 fully saturated rings. The average Bonchev–Trinajstić information content (AvgIpc) is 2.33. The van der Waals surface area contributed by atoms with E-state index in [4.69, 9.17) is 5.73 Å². The number of likely N-dealkylation sites (N-methyl/N-ethyl adjacent to an activating group) is 1. The largest absolute Gasteiger partial charge is 0.396 e. The molecule has 1 heterocycles. The normalized spacial score (nSPS) is 17.2. The predicted octanol–water partition coefficient (Wildman–Crippen LogP) is 0.796. The number of carbonyl (C=O) groups is 1. The molecule has 1 aromatic carbocycles. The lowest BCUT2D eigenvalue weighted by atomic mass is 10.1. The highest BCUT2D eigenvalue weighted by Crippen LogP contribution is 2.14. The van der Waals surface area contributed by atoms with Crippen LogP contribution < -0.4 is 5.73 Å². The second-order valence-electron chi connectivity index (χ2n) is 4.33. The van der Waals surface area contributed by atoms with Crippen LogP contribution in [0.15, 0.2) is 18.2 Å². The summed E-state index contributed by atoms with van der Waals surface area (Å²) in [6, 6.07) is 4.11. The Hall–Kier alpha value is -1.62. The Kier molecular flexibility index (Phi) is 3.28. The smallest absolute Gasteiger partial charge is 0.254 e. The van der Waals surface area contributed by atoms with Gasteiger partial charge in [0.2, 0.25) is 0 Å². The van der Waals surface area contributed by atoms with Crippen molar-refractivity contribution in [2.24, 2.45) is 0 Å². The van der Waals surface area contributed by atoms with E-state index < -0.39 is 5.82 Å². The molecule has 0 atom stereocenters. The number of nitrogens with two attached hydrogens (primary N) is 1. The van der Waals surface area contributed by atoms with Gasteiger partial charge in [0.25, 0.3) is 5.91 Å². The highest BCUT2D eigenvalue weighted by atomic mass is 19.1. The molecule has 0 radical (unpaired) electrons. The number of nitrogens with zero attached hydrogens (tertiary/aromatic N) is 2. The molecule has 0 aliphatic carbocycles. The van der Waals surface area contributed by atoms with Gasteiger partial charge in [-0.05, 0) is 25.2 Å². The average molecular weight is 237 g/mol. The van der Waals surface area contributed by atoms with Gasteiger partial charge in [0, 0.05) is 31.7 Å². The molecule has 1 amide bonds. The molecule has 92 valence electrons. The van der Waals surface area contributed by atoms with Crippen molar-refractivity contribution in [3.63, 3.8) is 0 Å². The maximum absolute atomic E-state index is 13.0. The first-order valence-corrected chi connectivity index (χ1v) is 5.61. The number of amides is 1. The third-order valence-corrected chi connectivity index (χ3v) is 3.03. The molecule has 1 saturated heterocycles. The summed E-state index contributed by atoms with van der Waals surface area (Å²) in [7, 11) is 2.03. The molecule has 1 aromatic rings. The SMILES string of the molecule is CN1CCN(C(=O)c2ccc(F)c(N)c2)CC1. The van der Waals surface area contributed by atoms with E-state index >= 15 is 0 Å². The number of halogens is 1. The first-order chi connectivity index (χ1) is 8.08. The van der Waals surface area contributed by atoms with E-state index in [-0.39, 0.29) is 11.6 Å². The van der Waals surface area contributed by atoms with E-state index in [1.54, 1.807) is 4.90 Å². The van der Waals surface area contributed by atoms with Gasteiger partial charge in [0.05, 0.1) is 5.69 Å². The number of hydrogen-bond acceptors (Lipinski definition) is 3. The second kappa shape index (κ2) is 4.71. The molecule has 4 nitrogen and oxygen atoms in total. The number of piperazine rings is 1. The summed E-state index contributed by atoms with van der Waals surface area (Å²) < 4.78 is 13.0. The Balaban J connectivity index is 2.11. The van der Waals surface area contributed by atoms with Gasteiger partial charge >= 0.3 is 0 Å². The third-order valence-electron chi connectivity index (χ3n) is 3.03. The molecule has 2 rings (SSSR count). The summed E-state index contributed by atoms with van der Waals surface area (Å²) in [6.45, 7) is 3.13. The Morgan fingerprint density at radius 2 is 1.94 bits per heavy atom. The minimum absolute atomic E-state index is 0.0185. The van der Waals surface area contributed by atoms with Crippen molar-refractivity contribution < 1.29 is 9.18 Å². The van der Waals surface area contributed by atoms with Crippen LogP contribution in [0.4, 0.5) is 10.1 Å². The van der Waals surface area contributed by atoms with Gasteiger partial charge in [-0.1, -0.05) is 0 Å². The van der Waals surface area contributed by atoms with Crippen LogP contribution in [-0.2, 0) is 0 Å². The molecule has 0 bridgehead atoms. The highest BCUT2D eigenvalue weighted by molar-refractivity contribution is 5.95. The standard InChI is InChI=1S/C12H16FN3O/c1-15-4-6-16(7-5-15)12(17)9-2-3-10(13)11(14)8-9/h2-3,8H,4-7,14H2,1H3. The molecule has 1 aliphatic rings. The lowest BCUT2D eigenvalue weighted by molar-refractivity contribution is 0.0664. The van der Waals surface area contributed by atoms with Crippen molar-refractivity contribution in [1.29, 1.82) is 0 Å². The molecule has 0 saturated carbocycles. The molecular weight excluding hydrogens is 221 g/mol. The minimum atomic E-state index is -0.486. The molecule has 0 unspecified atom stereocenters. The van der Waals surface area contributed by atoms with Crippen molar-refractivity contribution in [2.45, 2.75) is 0 Å². The highest BCUT2D eigenvalue weighted by Gasteiger charge is 2.20. The monoisotopic (exact) mass is 237 g/mol. The quantitative estimate of drug-likeness (QED) is 0.735. The second-order valence-corrected chi connectivity index (χ2v) is 4.33. The van der Waals surface area contributed by atoms with Gasteiger partial charge in [-0.25, -0.2) is 4.39 Å². The van der Waals surface area contributed by atoms with Gasteiger partial charge in [-0.2, -0.15) is 0 Å². The van der Waals surface area contributed by atoms with Gasteiger partial charge in [0.1, 0.15) is 5.82 Å². The summed E-state index contributed by atoms with van der Waals surface area (Å²) in [5.74, 6) is -0.565. The molecule has 0 aromatic heterocycles. The third kappa shape index (κ3) is 2.55. The van der Waals surface area contributed by atoms with Crippen LogP contribution >= 0.6 is 0 Å². The minimum Gasteiger partial charge on any atom is -0.396 e. The Bertz CT molecular complexity index is 428. The van der Waals surface area contributed by atoms with Crippen molar-refractivity contribution in [1.82, 2.24) is 9.80 Å². The van der Waals surface area contributed by atoms with Crippen LogP contribution in [0.1, 0.15) is 10.4 Å². The number of anilines is 1. The van der Waals surface area contributed by atoms with Crippen LogP contribution in [0, 0.1) is 5.82 Å². The van der Waals surface area contributed by atoms with E-state index in [2.05, 4.69) is 4.90 Å². The number of rotatable bonds is 1. The van der Waals surface area contributed by atoms with Crippen LogP contribution in [0.2, 0.25) is 0 Å². The number of nitrogen functional groups attached to an aromatic ring is 1. The van der Waals surface area contributed by atoms with Crippen molar-refractivity contribution >= 4 is 11.6 Å². The van der Waals surface area contributed by atoms with Crippen molar-refractivity contribution in [3.8, 4) is 0 Å². The molecule has 2 N–H and O–H groups in total. The van der Waals surface area contributed by atoms with Gasteiger partial charge in [0.15, 0.2) is 0 Å². The summed E-state index contributed by atoms with van der Waals surface area (Å²) in [5, 5.41) is 0. The maximum Gasteiger partial charge on any atom is 0.254 e. The number of benzene rings is 1. The zero-order valence-corrected chi connectivity index (χ0v) is 9.82. The lowest BCUT2D eigenvalue weighted by Gasteiger charge is -2.32. The maximum atomic E-state index is 13.0. The van der Waals surface area contributed by atoms with Crippen LogP contribution in [0.3, 0.4) is 0 Å². The first-order valence-electron chi connectivity index (χ1n) is 5.61. The van der Waals surface area contributed by atoms with E-state index in [1.807, 2.05) is 7.05 Å². The predicted molar refractivity (Wildman–Crippen MR) is 64.2 cm³/mol. The van der Waals surface area contributed by atoms with Gasteiger partial charge in [-0.3, -0.25) is 4.79 Å². The van der Waals surface area contributed by atoms with Gasteiger partial charge in [-0.15, -0.1) is 0 Å². The summed E-state index contributed by atoms with van der Waals surface area (Å²) in [6.07, 6.45) is 0. The lowest BCUT2D eigenvalue weighted by Crippen LogP contribution is -2.47. The fourth-order valence-corrected chi connectivity index (χ4v) is 1.87. The Labute approximate surface area is 99.8 Å². The Morgan fingerprint density at radius 1 is 1.29 bits per heavy atom. The van der Waals surface area contributed by atoms with E-state index in [9.17, 15) is 9.18 Å². The molecule has 1 aliphatic heterocycles. The fourth-order valence-electron chi connectivity index (χ4n) is 1.87. The first kappa shape index (κ1) is 11.9. The van der Waals surface area contributed by atoms with Gasteiger partial charge < -0.3 is 15.5 Å². The van der Waals surface area contributed by atoms with E-state index in [0.29, 0.717) is 18.7 Å². The summed E-state index contributed by atoms with van der Waals surface area (Å²) >= 11 is 0. The zero-order valence-electron chi connectivity index (χ0n) is 9.82. The number of carbonyl (C=O) groups excluding carboxylic acids is 1. The van der Waals surface area contributed by atoms with Crippen molar-refractivity contribution in [3.05, 3.63) is 29.6 Å². The molecule has 17 heavy (non-hydrogen) atoms. The molecule has 0 spiro atoms. The zero-order chi connectivity index (χ0) is 12.4. The Morgan fingerprint density at radius 3 is 2.53 bits per heavy atom. The van der Waals surface area contributed by atoms with E-state index in [0.717, 1.165) is 13.1 Å².